The Morgan fingerprint density at radius 1 is 1.53 bits per heavy atom. The maximum Gasteiger partial charge on any atom is 0.328 e. The van der Waals surface area contributed by atoms with E-state index in [1.165, 1.54) is 4.57 Å². The molecule has 0 amide bonds. The van der Waals surface area contributed by atoms with E-state index in [1.807, 2.05) is 17.9 Å². The van der Waals surface area contributed by atoms with Crippen LogP contribution in [0.3, 0.4) is 0 Å². The van der Waals surface area contributed by atoms with E-state index in [1.54, 1.807) is 6.92 Å². The minimum atomic E-state index is -0.406. The smallest absolute Gasteiger partial charge is 0.328 e. The Morgan fingerprint density at radius 2 is 2.26 bits per heavy atom. The summed E-state index contributed by atoms with van der Waals surface area (Å²) in [7, 11) is 0. The van der Waals surface area contributed by atoms with Gasteiger partial charge in [0.15, 0.2) is 0 Å². The zero-order chi connectivity index (χ0) is 14.0. The van der Waals surface area contributed by atoms with Gasteiger partial charge in [-0.1, -0.05) is 15.9 Å². The summed E-state index contributed by atoms with van der Waals surface area (Å²) in [5.41, 5.74) is 0.421. The molecule has 0 radical (unpaired) electrons. The molecule has 1 aliphatic heterocycles. The van der Waals surface area contributed by atoms with Gasteiger partial charge in [0.05, 0.1) is 18.8 Å². The Kier molecular flexibility index (Phi) is 4.14. The van der Waals surface area contributed by atoms with Crippen LogP contribution in [0, 0.1) is 0 Å². The molecule has 1 aliphatic rings. The second kappa shape index (κ2) is 5.64. The number of nitrogens with one attached hydrogen (secondary N) is 1. The predicted octanol–water partition coefficient (Wildman–Crippen LogP) is 1.32. The fourth-order valence-electron chi connectivity index (χ4n) is 2.13. The largest absolute Gasteiger partial charge is 0.465 e. The summed E-state index contributed by atoms with van der Waals surface area (Å²) in [4.78, 5) is 28.3. The first-order chi connectivity index (χ1) is 9.06. The van der Waals surface area contributed by atoms with Crippen LogP contribution in [0.4, 0.5) is 5.82 Å². The normalized spacial score (nSPS) is 14.1. The number of hydrogen-bond donors (Lipinski definition) is 1. The van der Waals surface area contributed by atoms with Crippen molar-refractivity contribution >= 4 is 33.8 Å². The van der Waals surface area contributed by atoms with E-state index in [9.17, 15) is 9.59 Å². The van der Waals surface area contributed by atoms with Gasteiger partial charge in [-0.2, -0.15) is 0 Å². The lowest BCUT2D eigenvalue weighted by molar-refractivity contribution is -0.143. The molecule has 2 rings (SSSR count). The van der Waals surface area contributed by atoms with Gasteiger partial charge in [0.2, 0.25) is 0 Å². The van der Waals surface area contributed by atoms with Crippen LogP contribution in [-0.4, -0.2) is 35.2 Å². The number of aromatic nitrogens is 2. The first-order valence-corrected chi connectivity index (χ1v) is 6.95. The van der Waals surface area contributed by atoms with E-state index in [0.29, 0.717) is 18.8 Å². The molecule has 0 spiro atoms. The SMILES string of the molecule is CCOC(=O)Cn1c2c([nH]c1=O)C=C(Br)CN2CC. The summed E-state index contributed by atoms with van der Waals surface area (Å²) < 4.78 is 7.31. The monoisotopic (exact) mass is 329 g/mol. The maximum atomic E-state index is 11.9. The molecule has 0 aliphatic carbocycles. The first kappa shape index (κ1) is 13.9. The molecular formula is C12H16BrN3O3. The van der Waals surface area contributed by atoms with Crippen molar-refractivity contribution in [3.05, 3.63) is 20.7 Å². The number of fused-ring (bicyclic) bond motifs is 1. The molecule has 1 aromatic heterocycles. The molecule has 0 atom stereocenters. The number of H-pyrrole nitrogens is 1. The fourth-order valence-corrected chi connectivity index (χ4v) is 2.66. The number of anilines is 1. The van der Waals surface area contributed by atoms with Crippen molar-refractivity contribution in [2.24, 2.45) is 0 Å². The highest BCUT2D eigenvalue weighted by molar-refractivity contribution is 9.11. The molecule has 0 saturated heterocycles. The van der Waals surface area contributed by atoms with E-state index in [2.05, 4.69) is 20.9 Å². The molecule has 7 heteroatoms. The third-order valence-corrected chi connectivity index (χ3v) is 3.38. The summed E-state index contributed by atoms with van der Waals surface area (Å²) in [6.07, 6.45) is 1.87. The zero-order valence-electron chi connectivity index (χ0n) is 10.9. The minimum Gasteiger partial charge on any atom is -0.465 e. The third kappa shape index (κ3) is 2.75. The first-order valence-electron chi connectivity index (χ1n) is 6.16. The number of ether oxygens (including phenoxy) is 1. The number of nitrogens with zero attached hydrogens (tertiary/aromatic N) is 2. The minimum absolute atomic E-state index is 0.0690. The Bertz CT molecular complexity index is 573. The number of rotatable bonds is 4. The van der Waals surface area contributed by atoms with E-state index in [0.717, 1.165) is 16.8 Å². The van der Waals surface area contributed by atoms with Crippen molar-refractivity contribution in [3.8, 4) is 0 Å². The average Bonchev–Trinajstić information content (AvgIpc) is 2.65. The highest BCUT2D eigenvalue weighted by Crippen LogP contribution is 2.28. The van der Waals surface area contributed by atoms with Gasteiger partial charge in [-0.3, -0.25) is 9.36 Å². The number of hydrogen-bond acceptors (Lipinski definition) is 4. The molecule has 1 aromatic rings. The van der Waals surface area contributed by atoms with Crippen LogP contribution in [0.1, 0.15) is 19.5 Å². The van der Waals surface area contributed by atoms with Gasteiger partial charge in [-0.15, -0.1) is 0 Å². The second-order valence-electron chi connectivity index (χ2n) is 4.16. The van der Waals surface area contributed by atoms with Crippen LogP contribution in [-0.2, 0) is 16.1 Å². The van der Waals surface area contributed by atoms with Crippen LogP contribution >= 0.6 is 15.9 Å². The van der Waals surface area contributed by atoms with Crippen molar-refractivity contribution in [2.75, 3.05) is 24.6 Å². The lowest BCUT2D eigenvalue weighted by atomic mass is 10.2. The molecule has 0 aromatic carbocycles. The molecule has 0 bridgehead atoms. The Hall–Kier alpha value is -1.50. The number of carbonyl (C=O) groups excluding carboxylic acids is 1. The molecule has 19 heavy (non-hydrogen) atoms. The molecule has 0 unspecified atom stereocenters. The highest BCUT2D eigenvalue weighted by Gasteiger charge is 2.24. The van der Waals surface area contributed by atoms with E-state index in [-0.39, 0.29) is 12.2 Å². The summed E-state index contributed by atoms with van der Waals surface area (Å²) in [5.74, 6) is 0.333. The summed E-state index contributed by atoms with van der Waals surface area (Å²) in [5, 5.41) is 0. The molecular weight excluding hydrogens is 314 g/mol. The zero-order valence-corrected chi connectivity index (χ0v) is 12.5. The van der Waals surface area contributed by atoms with Crippen LogP contribution in [0.5, 0.6) is 0 Å². The number of imidazole rings is 1. The van der Waals surface area contributed by atoms with Crippen molar-refractivity contribution < 1.29 is 9.53 Å². The molecule has 104 valence electrons. The number of aromatic amines is 1. The third-order valence-electron chi connectivity index (χ3n) is 2.90. The number of halogens is 1. The van der Waals surface area contributed by atoms with Crippen molar-refractivity contribution in [1.82, 2.24) is 9.55 Å². The molecule has 0 saturated carbocycles. The predicted molar refractivity (Wildman–Crippen MR) is 76.5 cm³/mol. The van der Waals surface area contributed by atoms with Crippen molar-refractivity contribution in [3.63, 3.8) is 0 Å². The van der Waals surface area contributed by atoms with Crippen LogP contribution < -0.4 is 10.6 Å². The topological polar surface area (TPSA) is 67.3 Å². The van der Waals surface area contributed by atoms with Crippen molar-refractivity contribution in [2.45, 2.75) is 20.4 Å². The second-order valence-corrected chi connectivity index (χ2v) is 5.18. The van der Waals surface area contributed by atoms with E-state index in [4.69, 9.17) is 4.74 Å². The summed E-state index contributed by atoms with van der Waals surface area (Å²) in [6, 6.07) is 0. The maximum absolute atomic E-state index is 11.9. The Labute approximate surface area is 119 Å². The van der Waals surface area contributed by atoms with Gasteiger partial charge in [0.25, 0.3) is 0 Å². The lowest BCUT2D eigenvalue weighted by Gasteiger charge is -2.27. The van der Waals surface area contributed by atoms with Crippen LogP contribution in [0.15, 0.2) is 9.28 Å². The number of carbonyl (C=O) groups is 1. The van der Waals surface area contributed by atoms with Gasteiger partial charge < -0.3 is 14.6 Å². The average molecular weight is 330 g/mol. The number of esters is 1. The molecule has 6 nitrogen and oxygen atoms in total. The van der Waals surface area contributed by atoms with E-state index < -0.39 is 5.97 Å². The van der Waals surface area contributed by atoms with Gasteiger partial charge in [0.1, 0.15) is 12.4 Å². The highest BCUT2D eigenvalue weighted by atomic mass is 79.9. The van der Waals surface area contributed by atoms with Crippen LogP contribution in [0.25, 0.3) is 6.08 Å². The molecule has 0 fully saturated rings. The molecule has 1 N–H and O–H groups in total. The Balaban J connectivity index is 2.40. The van der Waals surface area contributed by atoms with Gasteiger partial charge in [-0.05, 0) is 19.9 Å². The summed E-state index contributed by atoms with van der Waals surface area (Å²) in [6.45, 7) is 5.41. The van der Waals surface area contributed by atoms with E-state index >= 15 is 0 Å². The fraction of sp³-hybridized carbons (Fsp3) is 0.500. The quantitative estimate of drug-likeness (QED) is 0.846. The van der Waals surface area contributed by atoms with Gasteiger partial charge >= 0.3 is 11.7 Å². The number of likely N-dealkylation sites (N-methyl/N-ethyl adjacent to an activating group) is 1. The Morgan fingerprint density at radius 3 is 2.89 bits per heavy atom. The van der Waals surface area contributed by atoms with Gasteiger partial charge in [0, 0.05) is 11.0 Å². The van der Waals surface area contributed by atoms with Crippen molar-refractivity contribution in [1.29, 1.82) is 0 Å². The lowest BCUT2D eigenvalue weighted by Crippen LogP contribution is -2.32. The summed E-state index contributed by atoms with van der Waals surface area (Å²) >= 11 is 3.45. The standard InChI is InChI=1S/C12H16BrN3O3/c1-3-15-6-8(13)5-9-11(15)16(12(18)14-9)7-10(17)19-4-2/h5H,3-4,6-7H2,1-2H3,(H,14,18). The van der Waals surface area contributed by atoms with Crippen LogP contribution in [0.2, 0.25) is 0 Å². The molecule has 2 heterocycles. The van der Waals surface area contributed by atoms with Gasteiger partial charge in [-0.25, -0.2) is 4.79 Å².